The number of rotatable bonds is 6. The highest BCUT2D eigenvalue weighted by Gasteiger charge is 2.30. The Balaban J connectivity index is 2.46. The van der Waals surface area contributed by atoms with Crippen molar-refractivity contribution in [3.05, 3.63) is 35.9 Å². The molecule has 5 heteroatoms. The van der Waals surface area contributed by atoms with Crippen molar-refractivity contribution in [3.8, 4) is 0 Å². The van der Waals surface area contributed by atoms with Gasteiger partial charge in [-0.15, -0.1) is 0 Å². The zero-order chi connectivity index (χ0) is 12.7. The third-order valence-electron chi connectivity index (χ3n) is 2.27. The van der Waals surface area contributed by atoms with Crippen molar-refractivity contribution in [1.29, 1.82) is 0 Å². The quantitative estimate of drug-likeness (QED) is 0.421. The van der Waals surface area contributed by atoms with E-state index >= 15 is 0 Å². The molecule has 92 valence electrons. The molecule has 0 radical (unpaired) electrons. The summed E-state index contributed by atoms with van der Waals surface area (Å²) in [5, 5.41) is 0. The number of benzene rings is 1. The van der Waals surface area contributed by atoms with Crippen molar-refractivity contribution in [1.82, 2.24) is 0 Å². The van der Waals surface area contributed by atoms with Gasteiger partial charge in [-0.1, -0.05) is 30.3 Å². The lowest BCUT2D eigenvalue weighted by Gasteiger charge is -2.21. The first-order valence-corrected chi connectivity index (χ1v) is 5.29. The van der Waals surface area contributed by atoms with E-state index in [1.54, 1.807) is 0 Å². The van der Waals surface area contributed by atoms with Crippen LogP contribution in [0.1, 0.15) is 18.4 Å². The van der Waals surface area contributed by atoms with Gasteiger partial charge in [-0.3, -0.25) is 0 Å². The van der Waals surface area contributed by atoms with Crippen molar-refractivity contribution in [2.24, 2.45) is 11.5 Å². The Bertz CT molecular complexity index is 377. The maximum atomic E-state index is 11.6. The smallest absolute Gasteiger partial charge is 0.341 e. The highest BCUT2D eigenvalue weighted by molar-refractivity contribution is 5.80. The van der Waals surface area contributed by atoms with Crippen LogP contribution >= 0.6 is 0 Å². The van der Waals surface area contributed by atoms with Gasteiger partial charge in [-0.05, 0) is 12.0 Å². The van der Waals surface area contributed by atoms with Gasteiger partial charge in [0.15, 0.2) is 5.66 Å². The maximum Gasteiger partial charge on any atom is 0.341 e. The van der Waals surface area contributed by atoms with Crippen molar-refractivity contribution >= 4 is 12.3 Å². The van der Waals surface area contributed by atoms with Crippen LogP contribution < -0.4 is 11.5 Å². The molecule has 17 heavy (non-hydrogen) atoms. The van der Waals surface area contributed by atoms with E-state index in [1.165, 1.54) is 0 Å². The molecule has 0 fully saturated rings. The van der Waals surface area contributed by atoms with Crippen LogP contribution in [-0.2, 0) is 20.9 Å². The van der Waals surface area contributed by atoms with Crippen molar-refractivity contribution in [2.45, 2.75) is 25.1 Å². The van der Waals surface area contributed by atoms with Gasteiger partial charge in [0.1, 0.15) is 12.9 Å². The molecule has 0 saturated carbocycles. The summed E-state index contributed by atoms with van der Waals surface area (Å²) in [7, 11) is 0. The number of carbonyl (C=O) groups excluding carboxylic acids is 2. The molecule has 0 saturated heterocycles. The fourth-order valence-electron chi connectivity index (χ4n) is 1.26. The zero-order valence-corrected chi connectivity index (χ0v) is 9.46. The molecule has 0 amide bonds. The Morgan fingerprint density at radius 3 is 2.53 bits per heavy atom. The lowest BCUT2D eigenvalue weighted by atomic mass is 10.1. The van der Waals surface area contributed by atoms with Crippen LogP contribution in [0.5, 0.6) is 0 Å². The van der Waals surface area contributed by atoms with Gasteiger partial charge in [0, 0.05) is 6.42 Å². The molecule has 0 aromatic heterocycles. The number of hydrogen-bond acceptors (Lipinski definition) is 5. The van der Waals surface area contributed by atoms with Crippen LogP contribution in [0.2, 0.25) is 0 Å². The molecule has 0 aliphatic carbocycles. The van der Waals surface area contributed by atoms with Crippen molar-refractivity contribution in [3.63, 3.8) is 0 Å². The second-order valence-corrected chi connectivity index (χ2v) is 3.81. The molecule has 0 bridgehead atoms. The zero-order valence-electron chi connectivity index (χ0n) is 9.46. The first-order valence-electron chi connectivity index (χ1n) is 5.29. The molecule has 0 heterocycles. The van der Waals surface area contributed by atoms with Crippen molar-refractivity contribution < 1.29 is 14.3 Å². The van der Waals surface area contributed by atoms with E-state index < -0.39 is 11.6 Å². The van der Waals surface area contributed by atoms with Crippen LogP contribution in [0.3, 0.4) is 0 Å². The van der Waals surface area contributed by atoms with Crippen LogP contribution in [-0.4, -0.2) is 17.9 Å². The predicted octanol–water partition coefficient (Wildman–Crippen LogP) is 0.323. The third kappa shape index (κ3) is 4.34. The van der Waals surface area contributed by atoms with E-state index in [1.807, 2.05) is 30.3 Å². The number of carbonyl (C=O) groups is 2. The minimum Gasteiger partial charge on any atom is -0.458 e. The van der Waals surface area contributed by atoms with E-state index in [0.717, 1.165) is 5.56 Å². The topological polar surface area (TPSA) is 95.4 Å². The van der Waals surface area contributed by atoms with Gasteiger partial charge < -0.3 is 21.0 Å². The van der Waals surface area contributed by atoms with Crippen LogP contribution in [0, 0.1) is 0 Å². The molecule has 0 unspecified atom stereocenters. The fourth-order valence-corrected chi connectivity index (χ4v) is 1.26. The molecular formula is C12H16N2O3. The first kappa shape index (κ1) is 13.3. The highest BCUT2D eigenvalue weighted by Crippen LogP contribution is 2.07. The Kier molecular flexibility index (Phi) is 4.81. The van der Waals surface area contributed by atoms with Gasteiger partial charge in [0.25, 0.3) is 0 Å². The summed E-state index contributed by atoms with van der Waals surface area (Å²) >= 11 is 0. The number of ether oxygens (including phenoxy) is 1. The van der Waals surface area contributed by atoms with E-state index in [4.69, 9.17) is 16.2 Å². The predicted molar refractivity (Wildman–Crippen MR) is 62.6 cm³/mol. The molecule has 5 nitrogen and oxygen atoms in total. The average molecular weight is 236 g/mol. The van der Waals surface area contributed by atoms with E-state index in [2.05, 4.69) is 0 Å². The van der Waals surface area contributed by atoms with Crippen LogP contribution in [0.15, 0.2) is 30.3 Å². The second-order valence-electron chi connectivity index (χ2n) is 3.81. The minimum absolute atomic E-state index is 0.0735. The summed E-state index contributed by atoms with van der Waals surface area (Å²) in [6.07, 6.45) is 0.872. The normalized spacial score (nSPS) is 10.9. The molecule has 1 aromatic carbocycles. The second kappa shape index (κ2) is 6.12. The Morgan fingerprint density at radius 1 is 1.29 bits per heavy atom. The minimum atomic E-state index is -1.60. The molecule has 1 rings (SSSR count). The molecular weight excluding hydrogens is 220 g/mol. The Hall–Kier alpha value is -1.72. The summed E-state index contributed by atoms with van der Waals surface area (Å²) in [6, 6.07) is 9.20. The highest BCUT2D eigenvalue weighted by atomic mass is 16.5. The van der Waals surface area contributed by atoms with E-state index in [9.17, 15) is 9.59 Å². The van der Waals surface area contributed by atoms with E-state index in [0.29, 0.717) is 6.29 Å². The molecule has 0 atom stereocenters. The van der Waals surface area contributed by atoms with Gasteiger partial charge in [0.05, 0.1) is 0 Å². The standard InChI is InChI=1S/C12H16N2O3/c13-12(14,7-4-8-15)11(16)17-9-10-5-2-1-3-6-10/h1-3,5-6,8H,4,7,9,13-14H2. The first-order chi connectivity index (χ1) is 8.06. The summed E-state index contributed by atoms with van der Waals surface area (Å²) in [6.45, 7) is 0.122. The number of aldehydes is 1. The summed E-state index contributed by atoms with van der Waals surface area (Å²) < 4.78 is 4.99. The van der Waals surface area contributed by atoms with Crippen LogP contribution in [0.25, 0.3) is 0 Å². The molecule has 0 spiro atoms. The largest absolute Gasteiger partial charge is 0.458 e. The molecule has 1 aromatic rings. The Labute approximate surface area is 99.7 Å². The monoisotopic (exact) mass is 236 g/mol. The number of hydrogen-bond donors (Lipinski definition) is 2. The molecule has 0 aliphatic rings. The lowest BCUT2D eigenvalue weighted by molar-refractivity contribution is -0.151. The third-order valence-corrected chi connectivity index (χ3v) is 2.27. The number of esters is 1. The summed E-state index contributed by atoms with van der Waals surface area (Å²) in [5.74, 6) is -0.705. The fraction of sp³-hybridized carbons (Fsp3) is 0.333. The van der Waals surface area contributed by atoms with Crippen LogP contribution in [0.4, 0.5) is 0 Å². The van der Waals surface area contributed by atoms with Gasteiger partial charge in [-0.2, -0.15) is 0 Å². The molecule has 0 aliphatic heterocycles. The van der Waals surface area contributed by atoms with Gasteiger partial charge in [-0.25, -0.2) is 4.79 Å². The average Bonchev–Trinajstić information content (AvgIpc) is 2.34. The summed E-state index contributed by atoms with van der Waals surface area (Å²) in [5.41, 5.74) is 10.4. The van der Waals surface area contributed by atoms with Gasteiger partial charge >= 0.3 is 5.97 Å². The lowest BCUT2D eigenvalue weighted by Crippen LogP contribution is -2.57. The maximum absolute atomic E-state index is 11.6. The van der Waals surface area contributed by atoms with E-state index in [-0.39, 0.29) is 19.4 Å². The summed E-state index contributed by atoms with van der Waals surface area (Å²) in [4.78, 5) is 21.7. The number of nitrogens with two attached hydrogens (primary N) is 2. The SMILES string of the molecule is NC(N)(CCC=O)C(=O)OCc1ccccc1. The molecule has 4 N–H and O–H groups in total. The van der Waals surface area contributed by atoms with Crippen molar-refractivity contribution in [2.75, 3.05) is 0 Å². The van der Waals surface area contributed by atoms with Gasteiger partial charge in [0.2, 0.25) is 0 Å². The Morgan fingerprint density at radius 2 is 1.94 bits per heavy atom.